The van der Waals surface area contributed by atoms with Crippen LogP contribution < -0.4 is 9.13 Å². The van der Waals surface area contributed by atoms with Crippen molar-refractivity contribution in [3.63, 3.8) is 0 Å². The van der Waals surface area contributed by atoms with Gasteiger partial charge in [-0.2, -0.15) is 9.13 Å². The summed E-state index contributed by atoms with van der Waals surface area (Å²) in [4.78, 5) is 0. The van der Waals surface area contributed by atoms with Gasteiger partial charge < -0.3 is 0 Å². The third kappa shape index (κ3) is 6.84. The van der Waals surface area contributed by atoms with E-state index < -0.39 is 0 Å². The SMILES string of the molecule is CCCCc1cccc2c3[n+](ccc12)C1C(C)(CC)C1(CC[n+]1cccc(C)c1-c1cc(-c2cccc(-c4cc(-c5ccccc5)cc(-c5ccccc5)c4)c2)ccc1C)c1ccccc1-3. The monoisotopic (exact) mass is 856 g/mol. The highest BCUT2D eigenvalue weighted by Crippen LogP contribution is 2.76. The number of unbranched alkanes of at least 4 members (excludes halogenated alkanes) is 1. The van der Waals surface area contributed by atoms with E-state index in [4.69, 9.17) is 0 Å². The van der Waals surface area contributed by atoms with Crippen LogP contribution in [0, 0.1) is 19.3 Å². The Hall–Kier alpha value is -6.90. The van der Waals surface area contributed by atoms with Gasteiger partial charge in [0, 0.05) is 35.1 Å². The molecular formula is C64H60N2+2. The summed E-state index contributed by atoms with van der Waals surface area (Å²) in [6.07, 6.45) is 10.5. The first kappa shape index (κ1) is 41.8. The van der Waals surface area contributed by atoms with Crippen LogP contribution in [0.1, 0.15) is 74.8 Å². The molecule has 1 aliphatic carbocycles. The lowest BCUT2D eigenvalue weighted by molar-refractivity contribution is -0.704. The Morgan fingerprint density at radius 2 is 1.11 bits per heavy atom. The summed E-state index contributed by atoms with van der Waals surface area (Å²) >= 11 is 0. The van der Waals surface area contributed by atoms with E-state index in [1.54, 1.807) is 0 Å². The van der Waals surface area contributed by atoms with Crippen molar-refractivity contribution in [3.8, 4) is 67.0 Å². The van der Waals surface area contributed by atoms with Gasteiger partial charge in [-0.15, -0.1) is 0 Å². The second kappa shape index (κ2) is 16.8. The summed E-state index contributed by atoms with van der Waals surface area (Å²) in [6.45, 7) is 12.8. The summed E-state index contributed by atoms with van der Waals surface area (Å²) in [7, 11) is 0. The third-order valence-electron chi connectivity index (χ3n) is 15.8. The van der Waals surface area contributed by atoms with Gasteiger partial charge in [0.05, 0.1) is 16.4 Å². The maximum atomic E-state index is 2.70. The number of nitrogens with zero attached hydrogens (tertiary/aromatic N) is 2. The van der Waals surface area contributed by atoms with Crippen molar-refractivity contribution < 1.29 is 9.13 Å². The molecule has 0 saturated heterocycles. The number of benzene rings is 7. The highest BCUT2D eigenvalue weighted by Gasteiger charge is 2.82. The van der Waals surface area contributed by atoms with E-state index in [0.29, 0.717) is 6.04 Å². The van der Waals surface area contributed by atoms with Crippen LogP contribution in [0.25, 0.3) is 77.8 Å². The lowest BCUT2D eigenvalue weighted by Gasteiger charge is -2.25. The van der Waals surface area contributed by atoms with Crippen LogP contribution in [-0.4, -0.2) is 0 Å². The number of fused-ring (bicyclic) bond motifs is 8. The molecule has 3 heterocycles. The molecule has 11 rings (SSSR count). The van der Waals surface area contributed by atoms with Gasteiger partial charge in [0.2, 0.25) is 11.4 Å². The summed E-state index contributed by atoms with van der Waals surface area (Å²) in [6, 6.07) is 68.5. The molecule has 2 aromatic heterocycles. The average Bonchev–Trinajstić information content (AvgIpc) is 3.94. The third-order valence-corrected chi connectivity index (χ3v) is 15.8. The zero-order valence-corrected chi connectivity index (χ0v) is 39.2. The van der Waals surface area contributed by atoms with Gasteiger partial charge in [-0.1, -0.05) is 149 Å². The van der Waals surface area contributed by atoms with Gasteiger partial charge in [-0.25, -0.2) is 0 Å². The number of rotatable bonds is 12. The molecule has 3 atom stereocenters. The maximum Gasteiger partial charge on any atom is 0.220 e. The van der Waals surface area contributed by atoms with E-state index in [0.717, 1.165) is 25.8 Å². The Kier molecular flexibility index (Phi) is 10.7. The standard InChI is InChI=1S/C64H60N2/c1-6-8-21-48-26-18-30-56-55(48)34-37-66-61(56)57-29-15-16-31-59(57)64(62(66)63(64,5)7-2)35-38-65-36-19-20-45(4)60(65)58-43-51(33-32-44(58)3)49-27-17-28-50(39-49)54-41-52(46-22-11-9-12-23-46)40-53(42-54)47-24-13-10-14-25-47/h9-20,22-34,36-37,39-43,62H,6-8,21,35,38H2,1-5H3/q+2. The van der Waals surface area contributed by atoms with Gasteiger partial charge in [0.1, 0.15) is 6.54 Å². The minimum atomic E-state index is 0.0209. The van der Waals surface area contributed by atoms with Gasteiger partial charge >= 0.3 is 0 Å². The van der Waals surface area contributed by atoms with Crippen molar-refractivity contribution in [3.05, 3.63) is 217 Å². The van der Waals surface area contributed by atoms with E-state index in [2.05, 4.69) is 238 Å². The van der Waals surface area contributed by atoms with Crippen molar-refractivity contribution >= 4 is 10.8 Å². The van der Waals surface area contributed by atoms with Crippen molar-refractivity contribution in [1.82, 2.24) is 0 Å². The molecule has 0 bridgehead atoms. The Bertz CT molecular complexity index is 3220. The summed E-state index contributed by atoms with van der Waals surface area (Å²) < 4.78 is 5.27. The number of pyridine rings is 2. The van der Waals surface area contributed by atoms with Crippen LogP contribution >= 0.6 is 0 Å². The zero-order chi connectivity index (χ0) is 45.0. The molecule has 2 aliphatic rings. The molecule has 2 nitrogen and oxygen atoms in total. The zero-order valence-electron chi connectivity index (χ0n) is 39.2. The Morgan fingerprint density at radius 1 is 0.485 bits per heavy atom. The van der Waals surface area contributed by atoms with Gasteiger partial charge in [-0.05, 0) is 148 Å². The summed E-state index contributed by atoms with van der Waals surface area (Å²) in [5, 5.41) is 2.81. The lowest BCUT2D eigenvalue weighted by Crippen LogP contribution is -2.44. The fourth-order valence-electron chi connectivity index (χ4n) is 12.2. The smallest absolute Gasteiger partial charge is 0.198 e. The first-order chi connectivity index (χ1) is 32.3. The molecule has 2 heteroatoms. The summed E-state index contributed by atoms with van der Waals surface area (Å²) in [5.41, 5.74) is 20.9. The largest absolute Gasteiger partial charge is 0.220 e. The van der Waals surface area contributed by atoms with Crippen molar-refractivity contribution in [1.29, 1.82) is 0 Å². The van der Waals surface area contributed by atoms with Crippen molar-refractivity contribution in [2.75, 3.05) is 0 Å². The summed E-state index contributed by atoms with van der Waals surface area (Å²) in [5.74, 6) is 0. The molecule has 66 heavy (non-hydrogen) atoms. The molecule has 9 aromatic rings. The van der Waals surface area contributed by atoms with Crippen LogP contribution in [0.15, 0.2) is 194 Å². The van der Waals surface area contributed by atoms with E-state index in [-0.39, 0.29) is 10.8 Å². The molecule has 7 aromatic carbocycles. The van der Waals surface area contributed by atoms with E-state index in [1.807, 2.05) is 0 Å². The molecule has 0 amide bonds. The maximum absolute atomic E-state index is 2.70. The minimum Gasteiger partial charge on any atom is -0.198 e. The molecular weight excluding hydrogens is 797 g/mol. The topological polar surface area (TPSA) is 7.76 Å². The Labute approximate surface area is 391 Å². The highest BCUT2D eigenvalue weighted by molar-refractivity contribution is 5.96. The number of hydrogen-bond acceptors (Lipinski definition) is 0. The van der Waals surface area contributed by atoms with Gasteiger partial charge in [-0.3, -0.25) is 0 Å². The molecule has 0 N–H and O–H groups in total. The van der Waals surface area contributed by atoms with Gasteiger partial charge in [0.15, 0.2) is 18.4 Å². The van der Waals surface area contributed by atoms with E-state index in [9.17, 15) is 0 Å². The second-order valence-electron chi connectivity index (χ2n) is 19.4. The lowest BCUT2D eigenvalue weighted by atomic mass is 9.78. The predicted octanol–water partition coefficient (Wildman–Crippen LogP) is 15.7. The highest BCUT2D eigenvalue weighted by atomic mass is 15.1. The first-order valence-electron chi connectivity index (χ1n) is 24.4. The van der Waals surface area contributed by atoms with Crippen LogP contribution in [0.3, 0.4) is 0 Å². The molecule has 0 radical (unpaired) electrons. The fraction of sp³-hybridized carbons (Fsp3) is 0.219. The van der Waals surface area contributed by atoms with Crippen LogP contribution in [0.5, 0.6) is 0 Å². The van der Waals surface area contributed by atoms with Gasteiger partial charge in [0.25, 0.3) is 0 Å². The van der Waals surface area contributed by atoms with Crippen LogP contribution in [-0.2, 0) is 18.4 Å². The molecule has 1 saturated carbocycles. The molecule has 324 valence electrons. The quantitative estimate of drug-likeness (QED) is 0.108. The first-order valence-corrected chi connectivity index (χ1v) is 24.4. The number of aryl methyl sites for hydroxylation is 4. The second-order valence-corrected chi connectivity index (χ2v) is 19.4. The van der Waals surface area contributed by atoms with Crippen molar-refractivity contribution in [2.45, 2.75) is 84.7 Å². The van der Waals surface area contributed by atoms with Crippen molar-refractivity contribution in [2.24, 2.45) is 5.41 Å². The minimum absolute atomic E-state index is 0.0209. The van der Waals surface area contributed by atoms with E-state index in [1.165, 1.54) is 113 Å². The molecule has 1 fully saturated rings. The Balaban J connectivity index is 0.956. The predicted molar refractivity (Wildman–Crippen MR) is 275 cm³/mol. The Morgan fingerprint density at radius 3 is 1.82 bits per heavy atom. The normalized spacial score (nSPS) is 18.1. The molecule has 1 aliphatic heterocycles. The van der Waals surface area contributed by atoms with E-state index >= 15 is 0 Å². The fourth-order valence-corrected chi connectivity index (χ4v) is 12.2. The number of aromatic nitrogens is 2. The molecule has 0 spiro atoms. The van der Waals surface area contributed by atoms with Crippen LogP contribution in [0.2, 0.25) is 0 Å². The number of hydrogen-bond donors (Lipinski definition) is 0. The molecule has 3 unspecified atom stereocenters. The van der Waals surface area contributed by atoms with Crippen LogP contribution in [0.4, 0.5) is 0 Å². The average molecular weight is 857 g/mol.